The number of carbonyl (C=O) groups is 1. The van der Waals surface area contributed by atoms with Crippen molar-refractivity contribution in [3.63, 3.8) is 0 Å². The van der Waals surface area contributed by atoms with Crippen LogP contribution in [0.1, 0.15) is 47.9 Å². The van der Waals surface area contributed by atoms with E-state index in [1.807, 2.05) is 22.9 Å². The highest BCUT2D eigenvalue weighted by Crippen LogP contribution is 2.29. The van der Waals surface area contributed by atoms with Gasteiger partial charge in [0.2, 0.25) is 5.91 Å². The molecule has 3 nitrogen and oxygen atoms in total. The van der Waals surface area contributed by atoms with E-state index in [2.05, 4.69) is 27.4 Å². The summed E-state index contributed by atoms with van der Waals surface area (Å²) in [5, 5.41) is 5.40. The van der Waals surface area contributed by atoms with Gasteiger partial charge in [-0.2, -0.15) is 0 Å². The third-order valence-electron chi connectivity index (χ3n) is 4.29. The van der Waals surface area contributed by atoms with Gasteiger partial charge in [0.15, 0.2) is 0 Å². The number of hydrogen-bond acceptors (Lipinski definition) is 4. The summed E-state index contributed by atoms with van der Waals surface area (Å²) in [4.78, 5) is 20.2. The second-order valence-electron chi connectivity index (χ2n) is 5.81. The number of amides is 1. The van der Waals surface area contributed by atoms with Gasteiger partial charge in [-0.25, -0.2) is 4.98 Å². The van der Waals surface area contributed by atoms with Gasteiger partial charge in [-0.05, 0) is 43.6 Å². The summed E-state index contributed by atoms with van der Waals surface area (Å²) in [6.07, 6.45) is 7.93. The van der Waals surface area contributed by atoms with Crippen molar-refractivity contribution >= 4 is 28.6 Å². The summed E-state index contributed by atoms with van der Waals surface area (Å²) in [5.74, 6) is 0.895. The lowest BCUT2D eigenvalue weighted by Gasteiger charge is -2.31. The van der Waals surface area contributed by atoms with E-state index in [0.717, 1.165) is 45.2 Å². The molecule has 1 fully saturated rings. The number of piperidine rings is 1. The average Bonchev–Trinajstić information content (AvgIpc) is 3.25. The number of thiophene rings is 1. The summed E-state index contributed by atoms with van der Waals surface area (Å²) in [6.45, 7) is 1.79. The zero-order valence-electron chi connectivity index (χ0n) is 12.7. The van der Waals surface area contributed by atoms with Crippen molar-refractivity contribution in [2.24, 2.45) is 0 Å². The number of rotatable bonds is 6. The predicted molar refractivity (Wildman–Crippen MR) is 92.5 cm³/mol. The molecule has 3 heterocycles. The van der Waals surface area contributed by atoms with Gasteiger partial charge >= 0.3 is 0 Å². The van der Waals surface area contributed by atoms with Crippen molar-refractivity contribution in [2.75, 3.05) is 13.1 Å². The summed E-state index contributed by atoms with van der Waals surface area (Å²) < 4.78 is 0. The third-order valence-corrected chi connectivity index (χ3v) is 6.17. The Morgan fingerprint density at radius 1 is 1.23 bits per heavy atom. The van der Waals surface area contributed by atoms with Crippen LogP contribution in [0.5, 0.6) is 0 Å². The van der Waals surface area contributed by atoms with Crippen LogP contribution in [-0.4, -0.2) is 28.9 Å². The first-order valence-electron chi connectivity index (χ1n) is 8.02. The van der Waals surface area contributed by atoms with Crippen LogP contribution in [0.2, 0.25) is 0 Å². The molecule has 3 rings (SSSR count). The summed E-state index contributed by atoms with van der Waals surface area (Å²) in [5.41, 5.74) is 0. The maximum atomic E-state index is 12.3. The maximum Gasteiger partial charge on any atom is 0.222 e. The normalized spacial score (nSPS) is 16.1. The number of unbranched alkanes of at least 4 members (excludes halogenated alkanes) is 1. The quantitative estimate of drug-likeness (QED) is 0.737. The first-order valence-corrected chi connectivity index (χ1v) is 9.78. The predicted octanol–water partition coefficient (Wildman–Crippen LogP) is 4.32. The molecule has 22 heavy (non-hydrogen) atoms. The number of nitrogens with zero attached hydrogens (tertiary/aromatic N) is 2. The van der Waals surface area contributed by atoms with Crippen molar-refractivity contribution in [3.8, 4) is 0 Å². The van der Waals surface area contributed by atoms with Crippen molar-refractivity contribution in [2.45, 2.75) is 44.4 Å². The number of thiazole rings is 1. The lowest BCUT2D eigenvalue weighted by molar-refractivity contribution is -0.132. The fraction of sp³-hybridized carbons (Fsp3) is 0.529. The van der Waals surface area contributed by atoms with E-state index in [-0.39, 0.29) is 0 Å². The van der Waals surface area contributed by atoms with Gasteiger partial charge in [-0.1, -0.05) is 6.07 Å². The van der Waals surface area contributed by atoms with E-state index in [4.69, 9.17) is 0 Å². The van der Waals surface area contributed by atoms with Crippen molar-refractivity contribution < 1.29 is 4.79 Å². The number of hydrogen-bond donors (Lipinski definition) is 0. The number of aromatic nitrogens is 1. The standard InChI is InChI=1S/C17H22N2OS2/c20-16(6-2-1-4-15-5-3-12-21-15)19-10-7-14(8-11-19)17-18-9-13-22-17/h3,5,9,12-14H,1-2,4,6-8,10-11H2. The fourth-order valence-corrected chi connectivity index (χ4v) is 4.56. The smallest absolute Gasteiger partial charge is 0.222 e. The molecule has 1 aliphatic rings. The molecule has 5 heteroatoms. The Kier molecular flexibility index (Phi) is 5.62. The van der Waals surface area contributed by atoms with Crippen LogP contribution < -0.4 is 0 Å². The molecule has 0 aliphatic carbocycles. The minimum Gasteiger partial charge on any atom is -0.343 e. The molecule has 2 aromatic heterocycles. The lowest BCUT2D eigenvalue weighted by Crippen LogP contribution is -2.37. The van der Waals surface area contributed by atoms with Crippen LogP contribution in [0.4, 0.5) is 0 Å². The second kappa shape index (κ2) is 7.88. The number of carbonyl (C=O) groups excluding carboxylic acids is 1. The third kappa shape index (κ3) is 4.17. The highest BCUT2D eigenvalue weighted by Gasteiger charge is 2.24. The molecular weight excluding hydrogens is 312 g/mol. The Balaban J connectivity index is 1.35. The first kappa shape index (κ1) is 15.7. The fourth-order valence-electron chi connectivity index (χ4n) is 3.00. The van der Waals surface area contributed by atoms with E-state index in [1.54, 1.807) is 11.3 Å². The van der Waals surface area contributed by atoms with Crippen molar-refractivity contribution in [1.82, 2.24) is 9.88 Å². The molecule has 0 bridgehead atoms. The van der Waals surface area contributed by atoms with E-state index in [9.17, 15) is 4.79 Å². The Labute approximate surface area is 140 Å². The van der Waals surface area contributed by atoms with E-state index in [0.29, 0.717) is 18.2 Å². The Hall–Kier alpha value is -1.20. The molecule has 0 N–H and O–H groups in total. The molecule has 118 valence electrons. The minimum absolute atomic E-state index is 0.337. The largest absolute Gasteiger partial charge is 0.343 e. The molecule has 0 unspecified atom stereocenters. The highest BCUT2D eigenvalue weighted by atomic mass is 32.1. The highest BCUT2D eigenvalue weighted by molar-refractivity contribution is 7.10. The second-order valence-corrected chi connectivity index (χ2v) is 7.77. The van der Waals surface area contributed by atoms with Gasteiger partial charge in [0, 0.05) is 41.9 Å². The molecule has 0 aromatic carbocycles. The lowest BCUT2D eigenvalue weighted by atomic mass is 9.97. The average molecular weight is 335 g/mol. The molecule has 0 saturated carbocycles. The van der Waals surface area contributed by atoms with Gasteiger partial charge in [-0.3, -0.25) is 4.79 Å². The van der Waals surface area contributed by atoms with Crippen LogP contribution in [0.15, 0.2) is 29.1 Å². The minimum atomic E-state index is 0.337. The van der Waals surface area contributed by atoms with Crippen molar-refractivity contribution in [1.29, 1.82) is 0 Å². The van der Waals surface area contributed by atoms with Crippen LogP contribution in [0.3, 0.4) is 0 Å². The van der Waals surface area contributed by atoms with Gasteiger partial charge < -0.3 is 4.90 Å². The molecule has 1 saturated heterocycles. The van der Waals surface area contributed by atoms with Gasteiger partial charge in [0.1, 0.15) is 0 Å². The topological polar surface area (TPSA) is 33.2 Å². The Morgan fingerprint density at radius 2 is 2.09 bits per heavy atom. The number of likely N-dealkylation sites (tertiary alicyclic amines) is 1. The van der Waals surface area contributed by atoms with Crippen LogP contribution >= 0.6 is 22.7 Å². The van der Waals surface area contributed by atoms with E-state index >= 15 is 0 Å². The molecule has 0 spiro atoms. The summed E-state index contributed by atoms with van der Waals surface area (Å²) in [6, 6.07) is 4.27. The molecule has 0 radical (unpaired) electrons. The molecule has 2 aromatic rings. The molecule has 1 amide bonds. The van der Waals surface area contributed by atoms with Gasteiger partial charge in [0.05, 0.1) is 5.01 Å². The van der Waals surface area contributed by atoms with Crippen LogP contribution in [-0.2, 0) is 11.2 Å². The molecule has 1 aliphatic heterocycles. The first-order chi connectivity index (χ1) is 10.8. The van der Waals surface area contributed by atoms with Crippen LogP contribution in [0, 0.1) is 0 Å². The Morgan fingerprint density at radius 3 is 2.77 bits per heavy atom. The Bertz CT molecular complexity index is 558. The van der Waals surface area contributed by atoms with E-state index < -0.39 is 0 Å². The van der Waals surface area contributed by atoms with Gasteiger partial charge in [-0.15, -0.1) is 22.7 Å². The summed E-state index contributed by atoms with van der Waals surface area (Å²) >= 11 is 3.55. The summed E-state index contributed by atoms with van der Waals surface area (Å²) in [7, 11) is 0. The monoisotopic (exact) mass is 334 g/mol. The van der Waals surface area contributed by atoms with Crippen molar-refractivity contribution in [3.05, 3.63) is 39.0 Å². The zero-order chi connectivity index (χ0) is 15.2. The molecule has 0 atom stereocenters. The SMILES string of the molecule is O=C(CCCCc1cccs1)N1CCC(c2nccs2)CC1. The number of aryl methyl sites for hydroxylation is 1. The zero-order valence-corrected chi connectivity index (χ0v) is 14.4. The van der Waals surface area contributed by atoms with Crippen LogP contribution in [0.25, 0.3) is 0 Å². The molecular formula is C17H22N2OS2. The maximum absolute atomic E-state index is 12.3. The van der Waals surface area contributed by atoms with E-state index in [1.165, 1.54) is 9.88 Å². The van der Waals surface area contributed by atoms with Gasteiger partial charge in [0.25, 0.3) is 0 Å².